The Bertz CT molecular complexity index is 713. The monoisotopic (exact) mass is 347 g/mol. The van der Waals surface area contributed by atoms with E-state index in [9.17, 15) is 4.79 Å². The number of hydrogen-bond donors (Lipinski definition) is 1. The molecule has 2 aromatic carbocycles. The van der Waals surface area contributed by atoms with Gasteiger partial charge in [-0.05, 0) is 36.8 Å². The van der Waals surface area contributed by atoms with Crippen molar-refractivity contribution < 1.29 is 4.79 Å². The molecule has 0 bridgehead atoms. The van der Waals surface area contributed by atoms with Gasteiger partial charge in [0.05, 0.1) is 25.7 Å². The van der Waals surface area contributed by atoms with E-state index in [1.165, 1.54) is 6.07 Å². The largest absolute Gasteiger partial charge is 0.399 e. The molecule has 0 heterocycles. The first-order chi connectivity index (χ1) is 9.32. The maximum Gasteiger partial charge on any atom is 0.196 e. The standard InChI is InChI=1S/C14H9Cl4NO/c1-6-4-7(19)2-3-8(6)14(20)11-9(15)5-10(16)12(17)13(11)18/h2-5H,19H2,1H3. The third-order valence-corrected chi connectivity index (χ3v) is 4.40. The van der Waals surface area contributed by atoms with E-state index in [0.29, 0.717) is 11.3 Å². The van der Waals surface area contributed by atoms with Crippen molar-refractivity contribution in [1.82, 2.24) is 0 Å². The lowest BCUT2D eigenvalue weighted by atomic mass is 9.98. The first-order valence-electron chi connectivity index (χ1n) is 5.56. The molecule has 0 saturated carbocycles. The van der Waals surface area contributed by atoms with Crippen LogP contribution < -0.4 is 5.73 Å². The van der Waals surface area contributed by atoms with Gasteiger partial charge in [-0.3, -0.25) is 4.79 Å². The molecule has 0 aliphatic rings. The molecule has 0 aliphatic heterocycles. The van der Waals surface area contributed by atoms with Crippen LogP contribution in [0.2, 0.25) is 20.1 Å². The van der Waals surface area contributed by atoms with Gasteiger partial charge in [-0.15, -0.1) is 0 Å². The Kier molecular flexibility index (Phi) is 4.50. The van der Waals surface area contributed by atoms with Crippen LogP contribution in [0.25, 0.3) is 0 Å². The summed E-state index contributed by atoms with van der Waals surface area (Å²) in [7, 11) is 0. The molecule has 6 heteroatoms. The van der Waals surface area contributed by atoms with Crippen LogP contribution in [0, 0.1) is 6.92 Å². The highest BCUT2D eigenvalue weighted by Crippen LogP contribution is 2.38. The number of halogens is 4. The Balaban J connectivity index is 2.63. The fourth-order valence-corrected chi connectivity index (χ4v) is 2.93. The normalized spacial score (nSPS) is 10.7. The Morgan fingerprint density at radius 2 is 1.65 bits per heavy atom. The van der Waals surface area contributed by atoms with E-state index < -0.39 is 0 Å². The fraction of sp³-hybridized carbons (Fsp3) is 0.0714. The Hall–Kier alpha value is -0.930. The molecule has 20 heavy (non-hydrogen) atoms. The van der Waals surface area contributed by atoms with Gasteiger partial charge in [0.25, 0.3) is 0 Å². The molecular formula is C14H9Cl4NO. The number of aryl methyl sites for hydroxylation is 1. The second-order valence-corrected chi connectivity index (χ2v) is 5.82. The van der Waals surface area contributed by atoms with Gasteiger partial charge in [0, 0.05) is 11.3 Å². The van der Waals surface area contributed by atoms with E-state index in [0.717, 1.165) is 5.56 Å². The topological polar surface area (TPSA) is 43.1 Å². The zero-order chi connectivity index (χ0) is 15.0. The average Bonchev–Trinajstić information content (AvgIpc) is 2.36. The molecule has 0 unspecified atom stereocenters. The molecule has 2 rings (SSSR count). The smallest absolute Gasteiger partial charge is 0.196 e. The molecule has 2 aromatic rings. The molecule has 0 spiro atoms. The second-order valence-electron chi connectivity index (χ2n) is 4.25. The predicted molar refractivity (Wildman–Crippen MR) is 85.5 cm³/mol. The molecule has 2 N–H and O–H groups in total. The molecule has 104 valence electrons. The second kappa shape index (κ2) is 5.82. The first-order valence-corrected chi connectivity index (χ1v) is 7.08. The minimum Gasteiger partial charge on any atom is -0.399 e. The maximum atomic E-state index is 12.6. The van der Waals surface area contributed by atoms with Gasteiger partial charge >= 0.3 is 0 Å². The third kappa shape index (κ3) is 2.75. The summed E-state index contributed by atoms with van der Waals surface area (Å²) in [5, 5.41) is 0.512. The molecular weight excluding hydrogens is 340 g/mol. The van der Waals surface area contributed by atoms with Gasteiger partial charge in [-0.2, -0.15) is 0 Å². The van der Waals surface area contributed by atoms with Gasteiger partial charge in [-0.1, -0.05) is 46.4 Å². The van der Waals surface area contributed by atoms with Crippen molar-refractivity contribution in [2.45, 2.75) is 6.92 Å². The van der Waals surface area contributed by atoms with Crippen LogP contribution in [0.3, 0.4) is 0 Å². The number of benzene rings is 2. The number of carbonyl (C=O) groups is 1. The van der Waals surface area contributed by atoms with Crippen LogP contribution in [0.1, 0.15) is 21.5 Å². The van der Waals surface area contributed by atoms with Gasteiger partial charge in [0.1, 0.15) is 0 Å². The number of nitrogens with two attached hydrogens (primary N) is 1. The van der Waals surface area contributed by atoms with Crippen molar-refractivity contribution in [3.05, 3.63) is 61.0 Å². The van der Waals surface area contributed by atoms with Crippen LogP contribution in [-0.4, -0.2) is 5.78 Å². The lowest BCUT2D eigenvalue weighted by Crippen LogP contribution is -2.06. The quantitative estimate of drug-likeness (QED) is 0.340. The Morgan fingerprint density at radius 1 is 1.00 bits per heavy atom. The summed E-state index contributed by atoms with van der Waals surface area (Å²) in [5.74, 6) is -0.323. The SMILES string of the molecule is Cc1cc(N)ccc1C(=O)c1c(Cl)cc(Cl)c(Cl)c1Cl. The summed E-state index contributed by atoms with van der Waals surface area (Å²) in [6.45, 7) is 1.78. The van der Waals surface area contributed by atoms with Crippen molar-refractivity contribution in [1.29, 1.82) is 0 Å². The highest BCUT2D eigenvalue weighted by atomic mass is 35.5. The highest BCUT2D eigenvalue weighted by molar-refractivity contribution is 6.51. The van der Waals surface area contributed by atoms with Crippen LogP contribution in [-0.2, 0) is 0 Å². The summed E-state index contributed by atoms with van der Waals surface area (Å²) in [6.07, 6.45) is 0. The minimum absolute atomic E-state index is 0.0467. The number of nitrogen functional groups attached to an aromatic ring is 1. The van der Waals surface area contributed by atoms with E-state index in [1.54, 1.807) is 25.1 Å². The molecule has 0 aromatic heterocycles. The van der Waals surface area contributed by atoms with Crippen molar-refractivity contribution in [3.63, 3.8) is 0 Å². The summed E-state index contributed by atoms with van der Waals surface area (Å²) in [5.41, 5.74) is 7.57. The first kappa shape index (κ1) is 15.5. The van der Waals surface area contributed by atoms with Gasteiger partial charge in [0.2, 0.25) is 0 Å². The van der Waals surface area contributed by atoms with Crippen molar-refractivity contribution >= 4 is 57.9 Å². The van der Waals surface area contributed by atoms with Crippen molar-refractivity contribution in [2.75, 3.05) is 5.73 Å². The molecule has 0 radical (unpaired) electrons. The van der Waals surface area contributed by atoms with E-state index in [4.69, 9.17) is 52.1 Å². The zero-order valence-electron chi connectivity index (χ0n) is 10.3. The number of anilines is 1. The third-order valence-electron chi connectivity index (χ3n) is 2.84. The minimum atomic E-state index is -0.323. The number of hydrogen-bond acceptors (Lipinski definition) is 2. The molecule has 0 fully saturated rings. The molecule has 0 amide bonds. The van der Waals surface area contributed by atoms with Crippen LogP contribution in [0.4, 0.5) is 5.69 Å². The lowest BCUT2D eigenvalue weighted by molar-refractivity contribution is 0.103. The van der Waals surface area contributed by atoms with Gasteiger partial charge < -0.3 is 5.73 Å². The average molecular weight is 349 g/mol. The van der Waals surface area contributed by atoms with Crippen LogP contribution in [0.5, 0.6) is 0 Å². The van der Waals surface area contributed by atoms with Gasteiger partial charge in [0.15, 0.2) is 5.78 Å². The number of carbonyl (C=O) groups excluding carboxylic acids is 1. The van der Waals surface area contributed by atoms with E-state index in [-0.39, 0.29) is 31.4 Å². The summed E-state index contributed by atoms with van der Waals surface area (Å²) in [6, 6.07) is 6.37. The van der Waals surface area contributed by atoms with E-state index >= 15 is 0 Å². The van der Waals surface area contributed by atoms with E-state index in [2.05, 4.69) is 0 Å². The molecule has 2 nitrogen and oxygen atoms in total. The summed E-state index contributed by atoms with van der Waals surface area (Å²) >= 11 is 24.0. The lowest BCUT2D eigenvalue weighted by Gasteiger charge is -2.11. The number of ketones is 1. The van der Waals surface area contributed by atoms with E-state index in [1.807, 2.05) is 0 Å². The van der Waals surface area contributed by atoms with Crippen LogP contribution in [0.15, 0.2) is 24.3 Å². The maximum absolute atomic E-state index is 12.6. The summed E-state index contributed by atoms with van der Waals surface area (Å²) in [4.78, 5) is 12.6. The predicted octanol–water partition coefficient (Wildman–Crippen LogP) is 5.42. The van der Waals surface area contributed by atoms with Gasteiger partial charge in [-0.25, -0.2) is 0 Å². The van der Waals surface area contributed by atoms with Crippen molar-refractivity contribution in [3.8, 4) is 0 Å². The Labute approximate surface area is 136 Å². The zero-order valence-corrected chi connectivity index (χ0v) is 13.3. The Morgan fingerprint density at radius 3 is 2.25 bits per heavy atom. The van der Waals surface area contributed by atoms with Crippen LogP contribution >= 0.6 is 46.4 Å². The molecule has 0 atom stereocenters. The van der Waals surface area contributed by atoms with Crippen molar-refractivity contribution in [2.24, 2.45) is 0 Å². The summed E-state index contributed by atoms with van der Waals surface area (Å²) < 4.78 is 0. The number of rotatable bonds is 2. The molecule has 0 saturated heterocycles. The highest BCUT2D eigenvalue weighted by Gasteiger charge is 2.22. The fourth-order valence-electron chi connectivity index (χ4n) is 1.85. The molecule has 0 aliphatic carbocycles.